The number of fused-ring (bicyclic) bond motifs is 1. The Kier molecular flexibility index (Phi) is 3.40. The largest absolute Gasteiger partial charge is 0.481 e. The summed E-state index contributed by atoms with van der Waals surface area (Å²) in [5, 5.41) is 8.99. The normalized spacial score (nSPS) is 17.9. The van der Waals surface area contributed by atoms with E-state index in [0.29, 0.717) is 18.6 Å². The van der Waals surface area contributed by atoms with Crippen molar-refractivity contribution in [3.63, 3.8) is 0 Å². The number of carboxylic acids is 1. The van der Waals surface area contributed by atoms with Gasteiger partial charge in [-0.3, -0.25) is 18.8 Å². The van der Waals surface area contributed by atoms with Crippen molar-refractivity contribution < 1.29 is 14.7 Å². The molecule has 0 aromatic carbocycles. The van der Waals surface area contributed by atoms with E-state index in [2.05, 4.69) is 4.98 Å². The average Bonchev–Trinajstić information content (AvgIpc) is 2.98. The minimum Gasteiger partial charge on any atom is -0.481 e. The van der Waals surface area contributed by atoms with Gasteiger partial charge in [0.05, 0.1) is 5.92 Å². The number of aliphatic carboxylic acids is 1. The van der Waals surface area contributed by atoms with E-state index in [1.807, 2.05) is 13.0 Å². The molecule has 0 bridgehead atoms. The highest BCUT2D eigenvalue weighted by Gasteiger charge is 2.32. The molecule has 0 aliphatic carbocycles. The average molecular weight is 301 g/mol. The molecule has 1 N–H and O–H groups in total. The number of nitrogens with zero attached hydrogens (tertiary/aromatic N) is 3. The van der Waals surface area contributed by atoms with Crippen LogP contribution < -0.4 is 5.56 Å². The fourth-order valence-corrected chi connectivity index (χ4v) is 2.65. The van der Waals surface area contributed by atoms with E-state index in [1.165, 1.54) is 15.5 Å². The minimum absolute atomic E-state index is 0.0332. The van der Waals surface area contributed by atoms with Crippen LogP contribution in [0.2, 0.25) is 0 Å². The first-order chi connectivity index (χ1) is 10.5. The van der Waals surface area contributed by atoms with Crippen LogP contribution in [0.15, 0.2) is 29.3 Å². The Hall–Kier alpha value is -2.70. The van der Waals surface area contributed by atoms with E-state index in [9.17, 15) is 14.4 Å². The number of amides is 1. The molecule has 2 aromatic rings. The maximum Gasteiger partial charge on any atom is 0.308 e. The van der Waals surface area contributed by atoms with Crippen molar-refractivity contribution in [3.05, 3.63) is 46.0 Å². The summed E-state index contributed by atoms with van der Waals surface area (Å²) in [7, 11) is 0. The summed E-state index contributed by atoms with van der Waals surface area (Å²) in [6.07, 6.45) is 3.30. The lowest BCUT2D eigenvalue weighted by Crippen LogP contribution is -2.35. The number of pyridine rings is 1. The van der Waals surface area contributed by atoms with E-state index in [4.69, 9.17) is 5.11 Å². The first kappa shape index (κ1) is 14.2. The van der Waals surface area contributed by atoms with Crippen LogP contribution in [-0.4, -0.2) is 44.4 Å². The van der Waals surface area contributed by atoms with Crippen molar-refractivity contribution in [1.82, 2.24) is 14.3 Å². The van der Waals surface area contributed by atoms with Crippen LogP contribution in [0.25, 0.3) is 5.65 Å². The van der Waals surface area contributed by atoms with Gasteiger partial charge in [0.1, 0.15) is 11.2 Å². The standard InChI is InChI=1S/C15H15N3O4/c1-9-2-3-12-16-6-11(14(20)18(12)7-9)13(19)17-5-4-10(8-17)15(21)22/h2-3,6-7,10H,4-5,8H2,1H3,(H,21,22)/t10-/m0/s1. The quantitative estimate of drug-likeness (QED) is 0.874. The number of hydrogen-bond donors (Lipinski definition) is 1. The fraction of sp³-hybridized carbons (Fsp3) is 0.333. The van der Waals surface area contributed by atoms with Gasteiger partial charge in [-0.15, -0.1) is 0 Å². The van der Waals surface area contributed by atoms with Crippen LogP contribution in [0.4, 0.5) is 0 Å². The second kappa shape index (κ2) is 5.25. The molecule has 3 heterocycles. The third-order valence-corrected chi connectivity index (χ3v) is 3.91. The number of carbonyl (C=O) groups excluding carboxylic acids is 1. The first-order valence-electron chi connectivity index (χ1n) is 6.97. The van der Waals surface area contributed by atoms with E-state index in [0.717, 1.165) is 5.56 Å². The van der Waals surface area contributed by atoms with E-state index in [-0.39, 0.29) is 12.1 Å². The van der Waals surface area contributed by atoms with Crippen LogP contribution in [0.1, 0.15) is 22.3 Å². The second-order valence-corrected chi connectivity index (χ2v) is 5.49. The van der Waals surface area contributed by atoms with Crippen molar-refractivity contribution in [2.45, 2.75) is 13.3 Å². The summed E-state index contributed by atoms with van der Waals surface area (Å²) in [4.78, 5) is 41.4. The fourth-order valence-electron chi connectivity index (χ4n) is 2.65. The number of carbonyl (C=O) groups is 2. The van der Waals surface area contributed by atoms with Gasteiger partial charge < -0.3 is 10.0 Å². The first-order valence-corrected chi connectivity index (χ1v) is 6.97. The number of aromatic nitrogens is 2. The maximum atomic E-state index is 12.5. The molecule has 22 heavy (non-hydrogen) atoms. The van der Waals surface area contributed by atoms with Crippen molar-refractivity contribution in [1.29, 1.82) is 0 Å². The summed E-state index contributed by atoms with van der Waals surface area (Å²) in [6.45, 7) is 2.31. The number of likely N-dealkylation sites (tertiary alicyclic amines) is 1. The highest BCUT2D eigenvalue weighted by Crippen LogP contribution is 2.18. The van der Waals surface area contributed by atoms with Crippen molar-refractivity contribution in [2.75, 3.05) is 13.1 Å². The Bertz CT molecular complexity index is 827. The van der Waals surface area contributed by atoms with Crippen molar-refractivity contribution in [3.8, 4) is 0 Å². The van der Waals surface area contributed by atoms with Crippen LogP contribution in [-0.2, 0) is 4.79 Å². The molecule has 3 rings (SSSR count). The summed E-state index contributed by atoms with van der Waals surface area (Å²) in [5.41, 5.74) is 0.886. The van der Waals surface area contributed by atoms with Crippen molar-refractivity contribution in [2.24, 2.45) is 5.92 Å². The van der Waals surface area contributed by atoms with E-state index >= 15 is 0 Å². The highest BCUT2D eigenvalue weighted by atomic mass is 16.4. The lowest BCUT2D eigenvalue weighted by atomic mass is 10.1. The summed E-state index contributed by atoms with van der Waals surface area (Å²) >= 11 is 0. The monoisotopic (exact) mass is 301 g/mol. The van der Waals surface area contributed by atoms with Gasteiger partial charge in [-0.2, -0.15) is 0 Å². The molecule has 1 aliphatic rings. The van der Waals surface area contributed by atoms with Gasteiger partial charge >= 0.3 is 5.97 Å². The molecule has 0 spiro atoms. The molecule has 7 nitrogen and oxygen atoms in total. The zero-order valence-electron chi connectivity index (χ0n) is 12.0. The minimum atomic E-state index is -0.917. The van der Waals surface area contributed by atoms with Gasteiger partial charge in [0.25, 0.3) is 11.5 Å². The number of carboxylic acid groups (broad SMARTS) is 1. The molecule has 1 amide bonds. The molecule has 7 heteroatoms. The smallest absolute Gasteiger partial charge is 0.308 e. The third-order valence-electron chi connectivity index (χ3n) is 3.91. The lowest BCUT2D eigenvalue weighted by molar-refractivity contribution is -0.141. The Morgan fingerprint density at radius 3 is 2.82 bits per heavy atom. The van der Waals surface area contributed by atoms with Gasteiger partial charge in [-0.25, -0.2) is 4.98 Å². The Morgan fingerprint density at radius 2 is 2.14 bits per heavy atom. The highest BCUT2D eigenvalue weighted by molar-refractivity contribution is 5.94. The third kappa shape index (κ3) is 2.34. The van der Waals surface area contributed by atoms with E-state index < -0.39 is 23.4 Å². The zero-order valence-corrected chi connectivity index (χ0v) is 12.0. The Balaban J connectivity index is 1.97. The molecule has 1 aliphatic heterocycles. The van der Waals surface area contributed by atoms with Gasteiger partial charge in [-0.05, 0) is 25.0 Å². The van der Waals surface area contributed by atoms with Crippen LogP contribution in [0.5, 0.6) is 0 Å². The number of hydrogen-bond acceptors (Lipinski definition) is 4. The molecule has 1 fully saturated rings. The molecule has 0 unspecified atom stereocenters. The SMILES string of the molecule is Cc1ccc2ncc(C(=O)N3CC[C@H](C(=O)O)C3)c(=O)n2c1. The predicted molar refractivity (Wildman–Crippen MR) is 77.8 cm³/mol. The van der Waals surface area contributed by atoms with Gasteiger partial charge in [-0.1, -0.05) is 6.07 Å². The molecule has 0 radical (unpaired) electrons. The van der Waals surface area contributed by atoms with E-state index in [1.54, 1.807) is 12.3 Å². The summed E-state index contributed by atoms with van der Waals surface area (Å²) < 4.78 is 1.34. The Labute approximate surface area is 125 Å². The molecule has 1 atom stereocenters. The molecule has 2 aromatic heterocycles. The van der Waals surface area contributed by atoms with Crippen LogP contribution in [0, 0.1) is 12.8 Å². The van der Waals surface area contributed by atoms with Gasteiger partial charge in [0.15, 0.2) is 0 Å². The molecular weight excluding hydrogens is 286 g/mol. The maximum absolute atomic E-state index is 12.5. The molecule has 1 saturated heterocycles. The number of rotatable bonds is 2. The van der Waals surface area contributed by atoms with Gasteiger partial charge in [0, 0.05) is 25.5 Å². The lowest BCUT2D eigenvalue weighted by Gasteiger charge is -2.15. The zero-order chi connectivity index (χ0) is 15.9. The topological polar surface area (TPSA) is 92.0 Å². The molecule has 0 saturated carbocycles. The molecule has 114 valence electrons. The van der Waals surface area contributed by atoms with Crippen molar-refractivity contribution >= 4 is 17.5 Å². The number of aryl methyl sites for hydroxylation is 1. The predicted octanol–water partition coefficient (Wildman–Crippen LogP) is 0.550. The molecular formula is C15H15N3O4. The van der Waals surface area contributed by atoms with Gasteiger partial charge in [0.2, 0.25) is 0 Å². The Morgan fingerprint density at radius 1 is 1.36 bits per heavy atom. The second-order valence-electron chi connectivity index (χ2n) is 5.49. The summed E-state index contributed by atoms with van der Waals surface area (Å²) in [6, 6.07) is 3.54. The van der Waals surface area contributed by atoms with Crippen LogP contribution >= 0.6 is 0 Å². The summed E-state index contributed by atoms with van der Waals surface area (Å²) in [5.74, 6) is -1.95. The van der Waals surface area contributed by atoms with Crippen LogP contribution in [0.3, 0.4) is 0 Å².